The van der Waals surface area contributed by atoms with E-state index in [9.17, 15) is 19.2 Å². The third-order valence-corrected chi connectivity index (χ3v) is 5.85. The Hall–Kier alpha value is -2.94. The van der Waals surface area contributed by atoms with Gasteiger partial charge in [-0.1, -0.05) is 53.5 Å². The Balaban J connectivity index is 3.06. The minimum Gasteiger partial charge on any atom is -0.468 e. The third kappa shape index (κ3) is 11.7. The van der Waals surface area contributed by atoms with E-state index in [2.05, 4.69) is 5.32 Å². The summed E-state index contributed by atoms with van der Waals surface area (Å²) in [7, 11) is 1.29. The fourth-order valence-electron chi connectivity index (χ4n) is 3.15. The summed E-state index contributed by atoms with van der Waals surface area (Å²) in [6, 6.07) is 4.13. The van der Waals surface area contributed by atoms with E-state index in [4.69, 9.17) is 18.9 Å². The highest BCUT2D eigenvalue weighted by atomic mass is 16.6. The van der Waals surface area contributed by atoms with Gasteiger partial charge >= 0.3 is 23.9 Å². The van der Waals surface area contributed by atoms with E-state index in [1.165, 1.54) is 7.11 Å². The molecule has 0 aromatic heterocycles. The Morgan fingerprint density at radius 1 is 0.861 bits per heavy atom. The lowest BCUT2D eigenvalue weighted by Crippen LogP contribution is -2.41. The first-order chi connectivity index (χ1) is 17.1. The van der Waals surface area contributed by atoms with Crippen LogP contribution in [0.15, 0.2) is 18.2 Å². The average molecular weight is 508 g/mol. The second-order valence-corrected chi connectivity index (χ2v) is 8.97. The van der Waals surface area contributed by atoms with Gasteiger partial charge in [-0.25, -0.2) is 0 Å². The molecule has 1 aromatic carbocycles. The van der Waals surface area contributed by atoms with Gasteiger partial charge in [0.2, 0.25) is 0 Å². The molecule has 0 amide bonds. The maximum Gasteiger partial charge on any atom is 0.323 e. The van der Waals surface area contributed by atoms with Crippen LogP contribution in [0.25, 0.3) is 0 Å². The highest BCUT2D eigenvalue weighted by Gasteiger charge is 2.22. The standard InChI is InChI=1S/C27H41NO8/c1-7-18(4)14-25(30)35-22-11-10-20(17-23(22)36-26(31)15-19(5)8-2)16-21(27(32)33-6)28-12-13-34-24(29)9-3/h10-11,17-19,21,28H,7-9,12-16H2,1-6H3/t18?,19?,21-/m0/s1. The van der Waals surface area contributed by atoms with E-state index < -0.39 is 23.9 Å². The first-order valence-corrected chi connectivity index (χ1v) is 12.6. The maximum atomic E-state index is 12.5. The van der Waals surface area contributed by atoms with Crippen molar-refractivity contribution >= 4 is 23.9 Å². The third-order valence-electron chi connectivity index (χ3n) is 5.85. The fraction of sp³-hybridized carbons (Fsp3) is 0.630. The molecule has 0 spiro atoms. The van der Waals surface area contributed by atoms with Crippen molar-refractivity contribution < 1.29 is 38.1 Å². The van der Waals surface area contributed by atoms with Crippen molar-refractivity contribution in [1.29, 1.82) is 0 Å². The molecule has 1 aromatic rings. The SMILES string of the molecule is CCC(=O)OCCN[C@@H](Cc1ccc(OC(=O)CC(C)CC)c(OC(=O)CC(C)CC)c1)C(=O)OC. The minimum absolute atomic E-state index is 0.115. The molecule has 3 atom stereocenters. The highest BCUT2D eigenvalue weighted by Crippen LogP contribution is 2.30. The van der Waals surface area contributed by atoms with Gasteiger partial charge in [0, 0.05) is 25.8 Å². The summed E-state index contributed by atoms with van der Waals surface area (Å²) in [5.41, 5.74) is 0.663. The van der Waals surface area contributed by atoms with E-state index in [1.807, 2.05) is 27.7 Å². The number of carbonyl (C=O) groups excluding carboxylic acids is 4. The van der Waals surface area contributed by atoms with E-state index in [0.29, 0.717) is 5.56 Å². The lowest BCUT2D eigenvalue weighted by molar-refractivity contribution is -0.144. The van der Waals surface area contributed by atoms with Gasteiger partial charge < -0.3 is 24.3 Å². The summed E-state index contributed by atoms with van der Waals surface area (Å²) in [6.45, 7) is 9.97. The Morgan fingerprint density at radius 2 is 1.44 bits per heavy atom. The molecule has 202 valence electrons. The van der Waals surface area contributed by atoms with Crippen molar-refractivity contribution in [1.82, 2.24) is 5.32 Å². The fourth-order valence-corrected chi connectivity index (χ4v) is 3.15. The summed E-state index contributed by atoms with van der Waals surface area (Å²) in [4.78, 5) is 48.5. The first kappa shape index (κ1) is 31.1. The quantitative estimate of drug-likeness (QED) is 0.201. The molecule has 0 aliphatic heterocycles. The van der Waals surface area contributed by atoms with Crippen LogP contribution in [0.2, 0.25) is 0 Å². The van der Waals surface area contributed by atoms with E-state index >= 15 is 0 Å². The number of hydrogen-bond acceptors (Lipinski definition) is 9. The van der Waals surface area contributed by atoms with Gasteiger partial charge in [-0.2, -0.15) is 0 Å². The van der Waals surface area contributed by atoms with Gasteiger partial charge in [-0.05, 0) is 36.0 Å². The summed E-state index contributed by atoms with van der Waals surface area (Å²) in [5, 5.41) is 3.02. The Bertz CT molecular complexity index is 869. The average Bonchev–Trinajstić information content (AvgIpc) is 2.86. The molecular formula is C27H41NO8. The van der Waals surface area contributed by atoms with Crippen LogP contribution in [0.1, 0.15) is 72.3 Å². The number of benzene rings is 1. The summed E-state index contributed by atoms with van der Waals surface area (Å²) < 4.78 is 21.0. The van der Waals surface area contributed by atoms with E-state index in [1.54, 1.807) is 25.1 Å². The molecule has 0 bridgehead atoms. The molecule has 36 heavy (non-hydrogen) atoms. The molecule has 1 N–H and O–H groups in total. The van der Waals surface area contributed by atoms with E-state index in [0.717, 1.165) is 12.8 Å². The lowest BCUT2D eigenvalue weighted by Gasteiger charge is -2.18. The van der Waals surface area contributed by atoms with Crippen molar-refractivity contribution in [2.24, 2.45) is 11.8 Å². The van der Waals surface area contributed by atoms with E-state index in [-0.39, 0.29) is 68.1 Å². The van der Waals surface area contributed by atoms with Crippen LogP contribution in [0.3, 0.4) is 0 Å². The van der Waals surface area contributed by atoms with Crippen LogP contribution in [0.4, 0.5) is 0 Å². The van der Waals surface area contributed by atoms with Crippen LogP contribution < -0.4 is 14.8 Å². The molecule has 9 nitrogen and oxygen atoms in total. The normalized spacial score (nSPS) is 13.3. The van der Waals surface area contributed by atoms with Crippen molar-refractivity contribution in [2.75, 3.05) is 20.3 Å². The van der Waals surface area contributed by atoms with Gasteiger partial charge in [0.15, 0.2) is 11.5 Å². The molecule has 0 fully saturated rings. The molecule has 1 rings (SSSR count). The molecule has 0 radical (unpaired) electrons. The number of hydrogen-bond donors (Lipinski definition) is 1. The molecule has 2 unspecified atom stereocenters. The lowest BCUT2D eigenvalue weighted by atomic mass is 10.0. The first-order valence-electron chi connectivity index (χ1n) is 12.6. The summed E-state index contributed by atoms with van der Waals surface area (Å²) in [6.07, 6.45) is 2.62. The number of carbonyl (C=O) groups is 4. The van der Waals surface area contributed by atoms with Crippen LogP contribution in [0, 0.1) is 11.8 Å². The van der Waals surface area contributed by atoms with Crippen LogP contribution >= 0.6 is 0 Å². The maximum absolute atomic E-state index is 12.5. The largest absolute Gasteiger partial charge is 0.468 e. The number of rotatable bonds is 16. The zero-order valence-electron chi connectivity index (χ0n) is 22.4. The molecule has 0 saturated heterocycles. The molecule has 0 aliphatic rings. The van der Waals surface area contributed by atoms with Gasteiger partial charge in [-0.3, -0.25) is 19.2 Å². The van der Waals surface area contributed by atoms with Crippen molar-refractivity contribution in [3.8, 4) is 11.5 Å². The number of ether oxygens (including phenoxy) is 4. The van der Waals surface area contributed by atoms with Gasteiger partial charge in [0.05, 0.1) is 7.11 Å². The van der Waals surface area contributed by atoms with Crippen LogP contribution in [-0.2, 0) is 35.1 Å². The van der Waals surface area contributed by atoms with Gasteiger partial charge in [0.25, 0.3) is 0 Å². The predicted molar refractivity (Wildman–Crippen MR) is 135 cm³/mol. The molecule has 9 heteroatoms. The summed E-state index contributed by atoms with van der Waals surface area (Å²) in [5.74, 6) is -1.07. The molecule has 0 heterocycles. The van der Waals surface area contributed by atoms with Crippen molar-refractivity contribution in [3.05, 3.63) is 23.8 Å². The zero-order valence-corrected chi connectivity index (χ0v) is 22.4. The van der Waals surface area contributed by atoms with Crippen LogP contribution in [-0.4, -0.2) is 50.2 Å². The second-order valence-electron chi connectivity index (χ2n) is 8.97. The topological polar surface area (TPSA) is 117 Å². The highest BCUT2D eigenvalue weighted by molar-refractivity contribution is 5.77. The molecule has 0 aliphatic carbocycles. The predicted octanol–water partition coefficient (Wildman–Crippen LogP) is 4.00. The molecule has 0 saturated carbocycles. The Morgan fingerprint density at radius 3 is 1.97 bits per heavy atom. The number of methoxy groups -OCH3 is 1. The summed E-state index contributed by atoms with van der Waals surface area (Å²) >= 11 is 0. The second kappa shape index (κ2) is 16.7. The number of esters is 4. The van der Waals surface area contributed by atoms with Gasteiger partial charge in [-0.15, -0.1) is 0 Å². The smallest absolute Gasteiger partial charge is 0.323 e. The van der Waals surface area contributed by atoms with Gasteiger partial charge in [0.1, 0.15) is 12.6 Å². The molecular weight excluding hydrogens is 466 g/mol. The van der Waals surface area contributed by atoms with Crippen LogP contribution in [0.5, 0.6) is 11.5 Å². The minimum atomic E-state index is -0.724. The monoisotopic (exact) mass is 507 g/mol. The van der Waals surface area contributed by atoms with Crippen molar-refractivity contribution in [2.45, 2.75) is 79.2 Å². The Labute approximate surface area is 214 Å². The zero-order chi connectivity index (χ0) is 27.1. The number of nitrogens with one attached hydrogen (secondary N) is 1. The van der Waals surface area contributed by atoms with Crippen molar-refractivity contribution in [3.63, 3.8) is 0 Å². The Kier molecular flexibility index (Phi) is 14.4.